The minimum atomic E-state index is -0.382. The molecular weight excluding hydrogens is 356 g/mol. The number of likely N-dealkylation sites (N-methyl/N-ethyl adjacent to an activating group) is 1. The van der Waals surface area contributed by atoms with E-state index in [1.807, 2.05) is 6.08 Å². The number of hydrogen-bond donors (Lipinski definition) is 2. The highest BCUT2D eigenvalue weighted by atomic mass is 16.3. The summed E-state index contributed by atoms with van der Waals surface area (Å²) in [6.45, 7) is 10.4. The van der Waals surface area contributed by atoms with Gasteiger partial charge in [-0.15, -0.1) is 0 Å². The summed E-state index contributed by atoms with van der Waals surface area (Å²) in [6.07, 6.45) is 4.95. The van der Waals surface area contributed by atoms with Crippen molar-refractivity contribution < 1.29 is 5.11 Å². The smallest absolute Gasteiger partial charge is 0.0791 e. The summed E-state index contributed by atoms with van der Waals surface area (Å²) in [5.74, 6) is 0.688. The first-order valence-electron chi connectivity index (χ1n) is 10.7. The van der Waals surface area contributed by atoms with Crippen LogP contribution in [0.15, 0.2) is 55.1 Å². The van der Waals surface area contributed by atoms with Gasteiger partial charge in [-0.2, -0.15) is 0 Å². The van der Waals surface area contributed by atoms with E-state index in [-0.39, 0.29) is 11.6 Å². The van der Waals surface area contributed by atoms with Crippen LogP contribution >= 0.6 is 0 Å². The molecule has 0 unspecified atom stereocenters. The molecule has 0 heterocycles. The lowest BCUT2D eigenvalue weighted by Gasteiger charge is -2.31. The fourth-order valence-corrected chi connectivity index (χ4v) is 4.54. The number of nitrogens with one attached hydrogen (secondary N) is 1. The molecule has 3 rings (SSSR count). The number of benzene rings is 2. The van der Waals surface area contributed by atoms with E-state index in [1.54, 1.807) is 0 Å². The van der Waals surface area contributed by atoms with Crippen molar-refractivity contribution in [1.82, 2.24) is 10.2 Å². The highest BCUT2D eigenvalue weighted by molar-refractivity contribution is 5.47. The van der Waals surface area contributed by atoms with E-state index in [0.29, 0.717) is 19.0 Å². The molecule has 1 atom stereocenters. The summed E-state index contributed by atoms with van der Waals surface area (Å²) >= 11 is 0. The summed E-state index contributed by atoms with van der Waals surface area (Å²) in [6, 6.07) is 17.2. The quantitative estimate of drug-likeness (QED) is 0.633. The predicted octanol–water partition coefficient (Wildman–Crippen LogP) is 4.30. The zero-order valence-corrected chi connectivity index (χ0v) is 18.2. The van der Waals surface area contributed by atoms with E-state index in [2.05, 4.69) is 86.2 Å². The van der Waals surface area contributed by atoms with Gasteiger partial charge in [0.15, 0.2) is 0 Å². The highest BCUT2D eigenvalue weighted by Gasteiger charge is 2.28. The first-order chi connectivity index (χ1) is 13.8. The second kappa shape index (κ2) is 9.71. The Labute approximate surface area is 176 Å². The lowest BCUT2D eigenvalue weighted by Crippen LogP contribution is -2.47. The molecule has 0 spiro atoms. The third-order valence-electron chi connectivity index (χ3n) is 5.94. The maximum absolute atomic E-state index is 10.5. The number of nitrogens with zero attached hydrogens (tertiary/aromatic N) is 1. The molecule has 1 aliphatic rings. The van der Waals surface area contributed by atoms with Crippen molar-refractivity contribution >= 4 is 6.08 Å². The fourth-order valence-electron chi connectivity index (χ4n) is 4.54. The summed E-state index contributed by atoms with van der Waals surface area (Å²) in [4.78, 5) is 2.18. The SMILES string of the molecule is C=Cc1ccc(CN(C)C[C@H](O)CNC(C)(C)CC2Cc3ccccc3C2)cc1. The van der Waals surface area contributed by atoms with Crippen molar-refractivity contribution in [3.63, 3.8) is 0 Å². The molecule has 0 fully saturated rings. The Hall–Kier alpha value is -1.94. The Balaban J connectivity index is 1.40. The van der Waals surface area contributed by atoms with Crippen LogP contribution in [-0.2, 0) is 19.4 Å². The Bertz CT molecular complexity index is 772. The Morgan fingerprint density at radius 2 is 1.76 bits per heavy atom. The van der Waals surface area contributed by atoms with Crippen LogP contribution in [0.1, 0.15) is 42.5 Å². The molecule has 2 aromatic carbocycles. The summed E-state index contributed by atoms with van der Waals surface area (Å²) in [5, 5.41) is 14.1. The van der Waals surface area contributed by atoms with E-state index in [0.717, 1.165) is 18.5 Å². The van der Waals surface area contributed by atoms with Crippen LogP contribution in [0.25, 0.3) is 6.08 Å². The zero-order chi connectivity index (χ0) is 20.9. The molecule has 2 N–H and O–H groups in total. The van der Waals surface area contributed by atoms with Crippen LogP contribution < -0.4 is 5.32 Å². The maximum Gasteiger partial charge on any atom is 0.0791 e. The molecule has 156 valence electrons. The van der Waals surface area contributed by atoms with Gasteiger partial charge < -0.3 is 10.4 Å². The lowest BCUT2D eigenvalue weighted by molar-refractivity contribution is 0.110. The van der Waals surface area contributed by atoms with Crippen molar-refractivity contribution in [1.29, 1.82) is 0 Å². The van der Waals surface area contributed by atoms with Gasteiger partial charge in [0.25, 0.3) is 0 Å². The molecule has 2 aromatic rings. The van der Waals surface area contributed by atoms with Crippen molar-refractivity contribution in [3.8, 4) is 0 Å². The first kappa shape index (κ1) is 21.8. The molecular formula is C26H36N2O. The van der Waals surface area contributed by atoms with Crippen molar-refractivity contribution in [2.24, 2.45) is 5.92 Å². The van der Waals surface area contributed by atoms with Crippen LogP contribution in [-0.4, -0.2) is 41.8 Å². The normalized spacial score (nSPS) is 15.5. The van der Waals surface area contributed by atoms with Gasteiger partial charge in [-0.1, -0.05) is 61.2 Å². The zero-order valence-electron chi connectivity index (χ0n) is 18.2. The molecule has 3 nitrogen and oxygen atoms in total. The number of fused-ring (bicyclic) bond motifs is 1. The summed E-state index contributed by atoms with van der Waals surface area (Å²) in [5.41, 5.74) is 5.42. The van der Waals surface area contributed by atoms with Crippen LogP contribution in [0.5, 0.6) is 0 Å². The average Bonchev–Trinajstić information content (AvgIpc) is 3.08. The number of aliphatic hydroxyl groups excluding tert-OH is 1. The van der Waals surface area contributed by atoms with Gasteiger partial charge in [0.05, 0.1) is 6.10 Å². The van der Waals surface area contributed by atoms with E-state index < -0.39 is 0 Å². The van der Waals surface area contributed by atoms with Crippen LogP contribution in [0.3, 0.4) is 0 Å². The van der Waals surface area contributed by atoms with Crippen molar-refractivity contribution in [3.05, 3.63) is 77.4 Å². The van der Waals surface area contributed by atoms with Crippen LogP contribution in [0, 0.1) is 5.92 Å². The van der Waals surface area contributed by atoms with E-state index in [9.17, 15) is 5.11 Å². The van der Waals surface area contributed by atoms with Crippen molar-refractivity contribution in [2.75, 3.05) is 20.1 Å². The second-order valence-corrected chi connectivity index (χ2v) is 9.31. The maximum atomic E-state index is 10.5. The minimum absolute atomic E-state index is 0.0206. The molecule has 0 aliphatic heterocycles. The van der Waals surface area contributed by atoms with Gasteiger partial charge in [-0.05, 0) is 68.3 Å². The second-order valence-electron chi connectivity index (χ2n) is 9.31. The Kier molecular flexibility index (Phi) is 7.28. The van der Waals surface area contributed by atoms with E-state index >= 15 is 0 Å². The average molecular weight is 393 g/mol. The van der Waals surface area contributed by atoms with Crippen LogP contribution in [0.2, 0.25) is 0 Å². The Morgan fingerprint density at radius 1 is 1.14 bits per heavy atom. The minimum Gasteiger partial charge on any atom is -0.390 e. The molecule has 0 saturated carbocycles. The molecule has 3 heteroatoms. The van der Waals surface area contributed by atoms with Crippen molar-refractivity contribution in [2.45, 2.75) is 51.3 Å². The first-order valence-corrected chi connectivity index (χ1v) is 10.7. The van der Waals surface area contributed by atoms with Gasteiger partial charge in [0.2, 0.25) is 0 Å². The molecule has 0 aromatic heterocycles. The van der Waals surface area contributed by atoms with Gasteiger partial charge in [-0.3, -0.25) is 4.90 Å². The molecule has 0 radical (unpaired) electrons. The van der Waals surface area contributed by atoms with Crippen LogP contribution in [0.4, 0.5) is 0 Å². The molecule has 1 aliphatic carbocycles. The van der Waals surface area contributed by atoms with E-state index in [1.165, 1.54) is 29.5 Å². The number of rotatable bonds is 10. The van der Waals surface area contributed by atoms with Gasteiger partial charge in [0, 0.05) is 25.2 Å². The van der Waals surface area contributed by atoms with Gasteiger partial charge >= 0.3 is 0 Å². The Morgan fingerprint density at radius 3 is 2.34 bits per heavy atom. The topological polar surface area (TPSA) is 35.5 Å². The highest BCUT2D eigenvalue weighted by Crippen LogP contribution is 2.31. The van der Waals surface area contributed by atoms with Gasteiger partial charge in [0.1, 0.15) is 0 Å². The number of hydrogen-bond acceptors (Lipinski definition) is 3. The van der Waals surface area contributed by atoms with E-state index in [4.69, 9.17) is 0 Å². The fraction of sp³-hybridized carbons (Fsp3) is 0.462. The molecule has 0 amide bonds. The molecule has 0 saturated heterocycles. The largest absolute Gasteiger partial charge is 0.390 e. The third-order valence-corrected chi connectivity index (χ3v) is 5.94. The number of β-amino-alcohol motifs (C(OH)–C–C–N with tert-alkyl or cyclic N) is 1. The monoisotopic (exact) mass is 392 g/mol. The lowest BCUT2D eigenvalue weighted by atomic mass is 9.88. The third kappa shape index (κ3) is 6.53. The number of aliphatic hydroxyl groups is 1. The summed E-state index contributed by atoms with van der Waals surface area (Å²) in [7, 11) is 2.06. The molecule has 29 heavy (non-hydrogen) atoms. The predicted molar refractivity (Wildman–Crippen MR) is 123 cm³/mol. The molecule has 0 bridgehead atoms. The standard InChI is InChI=1S/C26H36N2O/c1-5-20-10-12-21(13-11-20)18-28(4)19-25(29)17-27-26(2,3)16-22-14-23-8-6-7-9-24(23)15-22/h5-13,22,25,27,29H,1,14-19H2,2-4H3/t25-/m1/s1. The summed E-state index contributed by atoms with van der Waals surface area (Å²) < 4.78 is 0. The van der Waals surface area contributed by atoms with Gasteiger partial charge in [-0.25, -0.2) is 0 Å².